The quantitative estimate of drug-likeness (QED) is 0.860. The van der Waals surface area contributed by atoms with Crippen molar-refractivity contribution in [3.8, 4) is 0 Å². The highest BCUT2D eigenvalue weighted by Crippen LogP contribution is 2.31. The maximum atomic E-state index is 12.6. The summed E-state index contributed by atoms with van der Waals surface area (Å²) in [5.41, 5.74) is 0.686. The van der Waals surface area contributed by atoms with Gasteiger partial charge >= 0.3 is 6.18 Å². The molecule has 0 spiro atoms. The second-order valence-electron chi connectivity index (χ2n) is 4.36. The van der Waals surface area contributed by atoms with Crippen molar-refractivity contribution in [1.82, 2.24) is 0 Å². The molecule has 2 rings (SSSR count). The van der Waals surface area contributed by atoms with Gasteiger partial charge in [0, 0.05) is 15.9 Å². The average molecular weight is 299 g/mol. The van der Waals surface area contributed by atoms with E-state index in [1.807, 2.05) is 13.8 Å². The number of carbonyl (C=O) groups excluding carboxylic acids is 1. The fourth-order valence-corrected chi connectivity index (χ4v) is 2.57. The van der Waals surface area contributed by atoms with Gasteiger partial charge in [-0.15, -0.1) is 11.3 Å². The smallest absolute Gasteiger partial charge is 0.322 e. The van der Waals surface area contributed by atoms with Gasteiger partial charge in [-0.2, -0.15) is 13.2 Å². The topological polar surface area (TPSA) is 29.1 Å². The van der Waals surface area contributed by atoms with E-state index in [-0.39, 0.29) is 5.69 Å². The first-order valence-electron chi connectivity index (χ1n) is 5.82. The lowest BCUT2D eigenvalue weighted by Crippen LogP contribution is -2.13. The summed E-state index contributed by atoms with van der Waals surface area (Å²) in [6.07, 6.45) is -4.42. The molecule has 1 heterocycles. The molecule has 0 aliphatic heterocycles. The number of amides is 1. The molecule has 0 radical (unpaired) electrons. The van der Waals surface area contributed by atoms with Crippen LogP contribution in [0.15, 0.2) is 29.6 Å². The van der Waals surface area contributed by atoms with E-state index in [1.54, 1.807) is 5.38 Å². The molecule has 1 N–H and O–H groups in total. The number of nitrogens with one attached hydrogen (secondary N) is 1. The monoisotopic (exact) mass is 299 g/mol. The standard InChI is InChI=1S/C14H12F3NOS/c1-8-9(2)20-7-12(8)13(19)18-11-5-3-4-10(6-11)14(15,16)17/h3-7H,1-2H3,(H,18,19). The van der Waals surface area contributed by atoms with E-state index in [4.69, 9.17) is 0 Å². The number of aryl methyl sites for hydroxylation is 1. The minimum absolute atomic E-state index is 0.132. The molecule has 2 nitrogen and oxygen atoms in total. The van der Waals surface area contributed by atoms with Gasteiger partial charge in [0.15, 0.2) is 0 Å². The van der Waals surface area contributed by atoms with Crippen LogP contribution >= 0.6 is 11.3 Å². The van der Waals surface area contributed by atoms with Crippen molar-refractivity contribution in [1.29, 1.82) is 0 Å². The Hall–Kier alpha value is -1.82. The van der Waals surface area contributed by atoms with Crippen molar-refractivity contribution in [2.75, 3.05) is 5.32 Å². The molecule has 0 atom stereocenters. The molecule has 0 fully saturated rings. The second kappa shape index (κ2) is 5.28. The molecular weight excluding hydrogens is 287 g/mol. The van der Waals surface area contributed by atoms with E-state index in [2.05, 4.69) is 5.32 Å². The highest BCUT2D eigenvalue weighted by molar-refractivity contribution is 7.10. The third kappa shape index (κ3) is 3.01. The summed E-state index contributed by atoms with van der Waals surface area (Å²) in [7, 11) is 0. The van der Waals surface area contributed by atoms with Crippen molar-refractivity contribution in [3.05, 3.63) is 51.2 Å². The lowest BCUT2D eigenvalue weighted by Gasteiger charge is -2.09. The molecule has 0 saturated carbocycles. The van der Waals surface area contributed by atoms with Crippen molar-refractivity contribution in [3.63, 3.8) is 0 Å². The number of anilines is 1. The fourth-order valence-electron chi connectivity index (χ4n) is 1.71. The lowest BCUT2D eigenvalue weighted by atomic mass is 10.1. The van der Waals surface area contributed by atoms with Crippen LogP contribution in [-0.2, 0) is 6.18 Å². The first-order valence-corrected chi connectivity index (χ1v) is 6.70. The number of hydrogen-bond acceptors (Lipinski definition) is 2. The van der Waals surface area contributed by atoms with Crippen molar-refractivity contribution in [2.24, 2.45) is 0 Å². The highest BCUT2D eigenvalue weighted by Gasteiger charge is 2.30. The Morgan fingerprint density at radius 2 is 1.95 bits per heavy atom. The zero-order chi connectivity index (χ0) is 14.9. The van der Waals surface area contributed by atoms with Crippen molar-refractivity contribution < 1.29 is 18.0 Å². The predicted octanol–water partition coefficient (Wildman–Crippen LogP) is 4.64. The number of halogens is 3. The Morgan fingerprint density at radius 3 is 2.50 bits per heavy atom. The summed E-state index contributed by atoms with van der Waals surface area (Å²) >= 11 is 1.44. The zero-order valence-corrected chi connectivity index (χ0v) is 11.7. The third-order valence-electron chi connectivity index (χ3n) is 2.98. The summed E-state index contributed by atoms with van der Waals surface area (Å²) < 4.78 is 37.8. The Labute approximate surface area is 118 Å². The van der Waals surface area contributed by atoms with E-state index in [9.17, 15) is 18.0 Å². The minimum atomic E-state index is -4.42. The number of benzene rings is 1. The molecule has 0 aliphatic rings. The average Bonchev–Trinajstić information content (AvgIpc) is 2.69. The molecule has 1 aromatic heterocycles. The number of thiophene rings is 1. The Bertz CT molecular complexity index is 646. The number of rotatable bonds is 2. The van der Waals surface area contributed by atoms with Gasteiger partial charge in [0.05, 0.1) is 11.1 Å². The zero-order valence-electron chi connectivity index (χ0n) is 10.8. The number of carbonyl (C=O) groups is 1. The van der Waals surface area contributed by atoms with E-state index >= 15 is 0 Å². The van der Waals surface area contributed by atoms with Crippen LogP contribution in [-0.4, -0.2) is 5.91 Å². The highest BCUT2D eigenvalue weighted by atomic mass is 32.1. The third-order valence-corrected chi connectivity index (χ3v) is 3.99. The number of hydrogen-bond donors (Lipinski definition) is 1. The molecule has 1 aromatic carbocycles. The van der Waals surface area contributed by atoms with Gasteiger partial charge in [0.25, 0.3) is 5.91 Å². The first-order chi connectivity index (χ1) is 9.29. The summed E-state index contributed by atoms with van der Waals surface area (Å²) in [4.78, 5) is 13.0. The largest absolute Gasteiger partial charge is 0.416 e. The van der Waals surface area contributed by atoms with Crippen LogP contribution in [0.1, 0.15) is 26.4 Å². The van der Waals surface area contributed by atoms with E-state index in [0.717, 1.165) is 22.6 Å². The number of alkyl halides is 3. The van der Waals surface area contributed by atoms with Crippen LogP contribution in [0.5, 0.6) is 0 Å². The summed E-state index contributed by atoms with van der Waals surface area (Å²) in [6, 6.07) is 4.59. The van der Waals surface area contributed by atoms with Gasteiger partial charge in [-0.1, -0.05) is 6.07 Å². The van der Waals surface area contributed by atoms with E-state index < -0.39 is 17.6 Å². The molecule has 6 heteroatoms. The molecule has 0 unspecified atom stereocenters. The molecule has 0 aliphatic carbocycles. The van der Waals surface area contributed by atoms with Crippen LogP contribution in [0, 0.1) is 13.8 Å². The molecule has 1 amide bonds. The summed E-state index contributed by atoms with van der Waals surface area (Å²) in [6.45, 7) is 3.70. The SMILES string of the molecule is Cc1scc(C(=O)Nc2cccc(C(F)(F)F)c2)c1C. The normalized spacial score (nSPS) is 11.4. The van der Waals surface area contributed by atoms with Crippen LogP contribution in [0.3, 0.4) is 0 Å². The molecular formula is C14H12F3NOS. The van der Waals surface area contributed by atoms with Gasteiger partial charge in [-0.25, -0.2) is 0 Å². The summed E-state index contributed by atoms with van der Waals surface area (Å²) in [5.74, 6) is -0.397. The van der Waals surface area contributed by atoms with Crippen LogP contribution < -0.4 is 5.32 Å². The van der Waals surface area contributed by atoms with Gasteiger partial charge in [0.1, 0.15) is 0 Å². The fraction of sp³-hybridized carbons (Fsp3) is 0.214. The minimum Gasteiger partial charge on any atom is -0.322 e. The molecule has 20 heavy (non-hydrogen) atoms. The second-order valence-corrected chi connectivity index (χ2v) is 5.45. The maximum absolute atomic E-state index is 12.6. The maximum Gasteiger partial charge on any atom is 0.416 e. The Morgan fingerprint density at radius 1 is 1.25 bits per heavy atom. The van der Waals surface area contributed by atoms with Gasteiger partial charge in [-0.05, 0) is 37.6 Å². The van der Waals surface area contributed by atoms with Crippen molar-refractivity contribution in [2.45, 2.75) is 20.0 Å². The molecule has 0 saturated heterocycles. The van der Waals surface area contributed by atoms with Crippen LogP contribution in [0.25, 0.3) is 0 Å². The van der Waals surface area contributed by atoms with Crippen LogP contribution in [0.4, 0.5) is 18.9 Å². The molecule has 2 aromatic rings. The van der Waals surface area contributed by atoms with Crippen LogP contribution in [0.2, 0.25) is 0 Å². The van der Waals surface area contributed by atoms with Gasteiger partial charge < -0.3 is 5.32 Å². The van der Waals surface area contributed by atoms with E-state index in [0.29, 0.717) is 5.56 Å². The van der Waals surface area contributed by atoms with Crippen molar-refractivity contribution >= 4 is 22.9 Å². The molecule has 106 valence electrons. The predicted molar refractivity (Wildman–Crippen MR) is 73.2 cm³/mol. The summed E-state index contributed by atoms with van der Waals surface area (Å²) in [5, 5.41) is 4.19. The van der Waals surface area contributed by atoms with E-state index in [1.165, 1.54) is 23.5 Å². The lowest BCUT2D eigenvalue weighted by molar-refractivity contribution is -0.137. The first kappa shape index (κ1) is 14.6. The molecule has 0 bridgehead atoms. The Balaban J connectivity index is 2.22. The Kier molecular flexibility index (Phi) is 3.85. The van der Waals surface area contributed by atoms with Gasteiger partial charge in [-0.3, -0.25) is 4.79 Å². The van der Waals surface area contributed by atoms with Gasteiger partial charge in [0.2, 0.25) is 0 Å².